The van der Waals surface area contributed by atoms with E-state index in [4.69, 9.17) is 9.84 Å². The van der Waals surface area contributed by atoms with Gasteiger partial charge in [0.2, 0.25) is 10.0 Å². The second-order valence-electron chi connectivity index (χ2n) is 5.20. The number of aromatic carboxylic acids is 1. The summed E-state index contributed by atoms with van der Waals surface area (Å²) in [6.07, 6.45) is 0. The van der Waals surface area contributed by atoms with Gasteiger partial charge in [-0.2, -0.15) is 0 Å². The van der Waals surface area contributed by atoms with E-state index in [1.54, 1.807) is 20.8 Å². The van der Waals surface area contributed by atoms with E-state index >= 15 is 0 Å². The van der Waals surface area contributed by atoms with Crippen molar-refractivity contribution in [1.82, 2.24) is 4.72 Å². The van der Waals surface area contributed by atoms with Gasteiger partial charge in [0.1, 0.15) is 0 Å². The van der Waals surface area contributed by atoms with Gasteiger partial charge in [0.05, 0.1) is 22.6 Å². The van der Waals surface area contributed by atoms with Gasteiger partial charge in [0.15, 0.2) is 0 Å². The average Bonchev–Trinajstić information content (AvgIpc) is 2.26. The molecule has 0 heterocycles. The second kappa shape index (κ2) is 5.90. The summed E-state index contributed by atoms with van der Waals surface area (Å²) >= 11 is 0. The highest BCUT2D eigenvalue weighted by Gasteiger charge is 2.26. The van der Waals surface area contributed by atoms with E-state index in [-0.39, 0.29) is 17.1 Å². The Kier molecular flexibility index (Phi) is 4.90. The summed E-state index contributed by atoms with van der Waals surface area (Å²) in [7, 11) is -2.24. The minimum absolute atomic E-state index is 0.0316. The van der Waals surface area contributed by atoms with Crippen molar-refractivity contribution in [1.29, 1.82) is 0 Å². The molecule has 0 radical (unpaired) electrons. The zero-order valence-electron chi connectivity index (χ0n) is 11.9. The van der Waals surface area contributed by atoms with Crippen molar-refractivity contribution in [3.05, 3.63) is 29.3 Å². The Balaban J connectivity index is 3.11. The van der Waals surface area contributed by atoms with Gasteiger partial charge in [-0.15, -0.1) is 0 Å². The van der Waals surface area contributed by atoms with Crippen LogP contribution in [0.5, 0.6) is 0 Å². The van der Waals surface area contributed by atoms with Crippen LogP contribution in [-0.2, 0) is 14.8 Å². The van der Waals surface area contributed by atoms with Crippen molar-refractivity contribution in [2.75, 3.05) is 13.7 Å². The molecular weight excluding hydrogens is 282 g/mol. The van der Waals surface area contributed by atoms with E-state index in [1.165, 1.54) is 25.3 Å². The highest BCUT2D eigenvalue weighted by Crippen LogP contribution is 2.17. The molecule has 0 unspecified atom stereocenters. The molecule has 20 heavy (non-hydrogen) atoms. The number of benzene rings is 1. The molecule has 2 N–H and O–H groups in total. The predicted octanol–water partition coefficient (Wildman–Crippen LogP) is 1.40. The Hall–Kier alpha value is -1.44. The number of rotatable bonds is 6. The first-order chi connectivity index (χ1) is 9.09. The Morgan fingerprint density at radius 1 is 1.40 bits per heavy atom. The smallest absolute Gasteiger partial charge is 0.335 e. The van der Waals surface area contributed by atoms with Gasteiger partial charge in [-0.3, -0.25) is 0 Å². The molecule has 0 aliphatic heterocycles. The van der Waals surface area contributed by atoms with Crippen molar-refractivity contribution >= 4 is 16.0 Å². The number of hydrogen-bond acceptors (Lipinski definition) is 4. The Morgan fingerprint density at radius 2 is 2.00 bits per heavy atom. The lowest BCUT2D eigenvalue weighted by molar-refractivity contribution is 0.0696. The number of aryl methyl sites for hydroxylation is 1. The van der Waals surface area contributed by atoms with Crippen LogP contribution in [0.4, 0.5) is 0 Å². The summed E-state index contributed by atoms with van der Waals surface area (Å²) in [5, 5.41) is 8.93. The fraction of sp³-hybridized carbons (Fsp3) is 0.462. The van der Waals surface area contributed by atoms with Gasteiger partial charge in [-0.1, -0.05) is 0 Å². The number of methoxy groups -OCH3 is 1. The molecule has 0 fully saturated rings. The first-order valence-electron chi connectivity index (χ1n) is 5.96. The fourth-order valence-corrected chi connectivity index (χ4v) is 3.34. The third-order valence-corrected chi connectivity index (χ3v) is 4.35. The molecule has 1 rings (SSSR count). The van der Waals surface area contributed by atoms with E-state index in [0.29, 0.717) is 5.56 Å². The molecule has 0 amide bonds. The zero-order chi connectivity index (χ0) is 15.6. The maximum Gasteiger partial charge on any atom is 0.335 e. The summed E-state index contributed by atoms with van der Waals surface area (Å²) in [6.45, 7) is 5.18. The van der Waals surface area contributed by atoms with Gasteiger partial charge in [-0.25, -0.2) is 17.9 Å². The average molecular weight is 301 g/mol. The zero-order valence-corrected chi connectivity index (χ0v) is 12.7. The summed E-state index contributed by atoms with van der Waals surface area (Å²) in [4.78, 5) is 10.9. The quantitative estimate of drug-likeness (QED) is 0.828. The van der Waals surface area contributed by atoms with Gasteiger partial charge in [0.25, 0.3) is 0 Å². The SMILES string of the molecule is COCC(C)(C)NS(=O)(=O)c1ccc(C(=O)O)c(C)c1. The number of carbonyl (C=O) groups is 1. The van der Waals surface area contributed by atoms with E-state index in [0.717, 1.165) is 0 Å². The molecule has 112 valence electrons. The largest absolute Gasteiger partial charge is 0.478 e. The number of sulfonamides is 1. The highest BCUT2D eigenvalue weighted by atomic mass is 32.2. The molecule has 0 aromatic heterocycles. The van der Waals surface area contributed by atoms with Crippen LogP contribution in [-0.4, -0.2) is 38.7 Å². The molecule has 0 saturated heterocycles. The van der Waals surface area contributed by atoms with E-state index in [9.17, 15) is 13.2 Å². The number of nitrogens with one attached hydrogen (secondary N) is 1. The normalized spacial score (nSPS) is 12.4. The van der Waals surface area contributed by atoms with Crippen LogP contribution in [0.3, 0.4) is 0 Å². The summed E-state index contributed by atoms with van der Waals surface area (Å²) in [6, 6.07) is 3.91. The first-order valence-corrected chi connectivity index (χ1v) is 7.44. The highest BCUT2D eigenvalue weighted by molar-refractivity contribution is 7.89. The van der Waals surface area contributed by atoms with Crippen LogP contribution >= 0.6 is 0 Å². The van der Waals surface area contributed by atoms with Crippen LogP contribution in [0.2, 0.25) is 0 Å². The number of hydrogen-bond donors (Lipinski definition) is 2. The number of carboxylic acid groups (broad SMARTS) is 1. The Bertz CT molecular complexity index is 607. The lowest BCUT2D eigenvalue weighted by Crippen LogP contribution is -2.46. The summed E-state index contributed by atoms with van der Waals surface area (Å²) in [5.41, 5.74) is -0.280. The van der Waals surface area contributed by atoms with E-state index in [1.807, 2.05) is 0 Å². The number of ether oxygens (including phenoxy) is 1. The summed E-state index contributed by atoms with van der Waals surface area (Å²) in [5.74, 6) is -1.08. The molecular formula is C13H19NO5S. The van der Waals surface area contributed by atoms with Crippen molar-refractivity contribution in [3.8, 4) is 0 Å². The van der Waals surface area contributed by atoms with Crippen molar-refractivity contribution < 1.29 is 23.1 Å². The van der Waals surface area contributed by atoms with Crippen LogP contribution in [0, 0.1) is 6.92 Å². The van der Waals surface area contributed by atoms with Crippen molar-refractivity contribution in [3.63, 3.8) is 0 Å². The van der Waals surface area contributed by atoms with Crippen LogP contribution in [0.15, 0.2) is 23.1 Å². The van der Waals surface area contributed by atoms with E-state index < -0.39 is 21.5 Å². The van der Waals surface area contributed by atoms with Gasteiger partial charge >= 0.3 is 5.97 Å². The van der Waals surface area contributed by atoms with Gasteiger partial charge < -0.3 is 9.84 Å². The van der Waals surface area contributed by atoms with Crippen molar-refractivity contribution in [2.45, 2.75) is 31.2 Å². The Labute approximate surface area is 118 Å². The number of carboxylic acids is 1. The fourth-order valence-electron chi connectivity index (χ4n) is 1.86. The van der Waals surface area contributed by atoms with Crippen molar-refractivity contribution in [2.24, 2.45) is 0 Å². The van der Waals surface area contributed by atoms with E-state index in [2.05, 4.69) is 4.72 Å². The van der Waals surface area contributed by atoms with Gasteiger partial charge in [-0.05, 0) is 44.5 Å². The molecule has 0 saturated carbocycles. The minimum atomic E-state index is -3.73. The maximum atomic E-state index is 12.2. The molecule has 0 spiro atoms. The van der Waals surface area contributed by atoms with Crippen LogP contribution in [0.25, 0.3) is 0 Å². The predicted molar refractivity (Wildman–Crippen MR) is 74.4 cm³/mol. The third kappa shape index (κ3) is 4.03. The maximum absolute atomic E-state index is 12.2. The van der Waals surface area contributed by atoms with Gasteiger partial charge in [0, 0.05) is 7.11 Å². The first kappa shape index (κ1) is 16.6. The Morgan fingerprint density at radius 3 is 2.45 bits per heavy atom. The molecule has 6 nitrogen and oxygen atoms in total. The van der Waals surface area contributed by atoms with Crippen LogP contribution < -0.4 is 4.72 Å². The monoisotopic (exact) mass is 301 g/mol. The molecule has 1 aromatic carbocycles. The second-order valence-corrected chi connectivity index (χ2v) is 6.89. The molecule has 1 aromatic rings. The molecule has 0 aliphatic rings. The molecule has 7 heteroatoms. The van der Waals surface area contributed by atoms with Crippen LogP contribution in [0.1, 0.15) is 29.8 Å². The lowest BCUT2D eigenvalue weighted by Gasteiger charge is -2.25. The topological polar surface area (TPSA) is 92.7 Å². The summed E-state index contributed by atoms with van der Waals surface area (Å²) < 4.78 is 32.0. The molecule has 0 atom stereocenters. The lowest BCUT2D eigenvalue weighted by atomic mass is 10.1. The molecule has 0 bridgehead atoms. The minimum Gasteiger partial charge on any atom is -0.478 e. The third-order valence-electron chi connectivity index (χ3n) is 2.65. The standard InChI is InChI=1S/C13H19NO5S/c1-9-7-10(5-6-11(9)12(15)16)20(17,18)14-13(2,3)8-19-4/h5-7,14H,8H2,1-4H3,(H,15,16). The molecule has 0 aliphatic carbocycles.